The number of nitrogens with zero attached hydrogens (tertiary/aromatic N) is 2. The molecule has 0 saturated heterocycles. The van der Waals surface area contributed by atoms with Gasteiger partial charge in [-0.1, -0.05) is 84.9 Å². The maximum absolute atomic E-state index is 15.2. The molecule has 10 heteroatoms. The Balaban J connectivity index is 1.57. The van der Waals surface area contributed by atoms with Crippen molar-refractivity contribution >= 4 is 27.5 Å². The van der Waals surface area contributed by atoms with Crippen molar-refractivity contribution in [3.8, 4) is 11.5 Å². The summed E-state index contributed by atoms with van der Waals surface area (Å²) in [5.74, 6) is -0.631. The third kappa shape index (κ3) is 9.35. The number of carbonyl (C=O) groups is 2. The van der Waals surface area contributed by atoms with Gasteiger partial charge in [0, 0.05) is 24.1 Å². The molecule has 5 aromatic rings. The lowest BCUT2D eigenvalue weighted by Gasteiger charge is -2.35. The molecule has 0 radical (unpaired) electrons. The first-order valence-corrected chi connectivity index (χ1v) is 17.6. The highest BCUT2D eigenvalue weighted by atomic mass is 32.2. The molecule has 0 saturated carbocycles. The topological polar surface area (TPSA) is 96.0 Å². The second kappa shape index (κ2) is 15.8. The summed E-state index contributed by atoms with van der Waals surface area (Å²) >= 11 is 0. The third-order valence-electron chi connectivity index (χ3n) is 7.78. The number of hydrogen-bond acceptors (Lipinski definition) is 5. The molecule has 5 rings (SSSR count). The lowest BCUT2D eigenvalue weighted by molar-refractivity contribution is -0.140. The van der Waals surface area contributed by atoms with Gasteiger partial charge >= 0.3 is 0 Å². The molecule has 8 nitrogen and oxygen atoms in total. The Morgan fingerprint density at radius 2 is 1.28 bits per heavy atom. The van der Waals surface area contributed by atoms with Crippen LogP contribution in [-0.4, -0.2) is 43.3 Å². The standard InChI is InChI=1S/C40H40FN3O5S/c1-40(2,3)42-39(46)37(27-30-15-7-4-8-16-30)43(28-31-17-13-14-22-36(31)41)38(45)29-44(50(47,48)35-20-11-6-12-21-35)32-23-25-34(26-24-32)49-33-18-9-5-10-19-33/h4-26,37H,27-29H2,1-3H3,(H,42,46)/t37-/m0/s1. The fraction of sp³-hybridized carbons (Fsp3) is 0.200. The van der Waals surface area contributed by atoms with E-state index in [-0.39, 0.29) is 29.1 Å². The zero-order valence-corrected chi connectivity index (χ0v) is 29.0. The normalized spacial score (nSPS) is 12.1. The van der Waals surface area contributed by atoms with Gasteiger partial charge in [0.2, 0.25) is 11.8 Å². The van der Waals surface area contributed by atoms with E-state index < -0.39 is 45.8 Å². The highest BCUT2D eigenvalue weighted by molar-refractivity contribution is 7.92. The van der Waals surface area contributed by atoms with Gasteiger partial charge in [-0.3, -0.25) is 13.9 Å². The van der Waals surface area contributed by atoms with Crippen molar-refractivity contribution in [2.24, 2.45) is 0 Å². The lowest BCUT2D eigenvalue weighted by Crippen LogP contribution is -2.56. The number of ether oxygens (including phenoxy) is 1. The number of para-hydroxylation sites is 1. The van der Waals surface area contributed by atoms with Gasteiger partial charge in [0.05, 0.1) is 10.6 Å². The third-order valence-corrected chi connectivity index (χ3v) is 9.57. The minimum atomic E-state index is -4.30. The molecule has 0 aliphatic rings. The van der Waals surface area contributed by atoms with Gasteiger partial charge in [-0.25, -0.2) is 12.8 Å². The average molecular weight is 694 g/mol. The molecule has 0 aliphatic heterocycles. The van der Waals surface area contributed by atoms with E-state index in [9.17, 15) is 18.0 Å². The van der Waals surface area contributed by atoms with Crippen molar-refractivity contribution < 1.29 is 27.1 Å². The molecule has 0 fully saturated rings. The van der Waals surface area contributed by atoms with Crippen molar-refractivity contribution in [3.63, 3.8) is 0 Å². The van der Waals surface area contributed by atoms with E-state index in [4.69, 9.17) is 4.74 Å². The molecule has 258 valence electrons. The Morgan fingerprint density at radius 1 is 0.740 bits per heavy atom. The molecular weight excluding hydrogens is 654 g/mol. The minimum Gasteiger partial charge on any atom is -0.457 e. The molecule has 1 N–H and O–H groups in total. The van der Waals surface area contributed by atoms with Crippen molar-refractivity contribution in [2.45, 2.75) is 50.2 Å². The zero-order valence-electron chi connectivity index (χ0n) is 28.2. The summed E-state index contributed by atoms with van der Waals surface area (Å²) in [7, 11) is -4.30. The molecule has 0 spiro atoms. The van der Waals surface area contributed by atoms with Crippen molar-refractivity contribution in [1.82, 2.24) is 10.2 Å². The van der Waals surface area contributed by atoms with Gasteiger partial charge in [-0.15, -0.1) is 0 Å². The summed E-state index contributed by atoms with van der Waals surface area (Å²) in [5.41, 5.74) is 0.510. The molecule has 5 aromatic carbocycles. The maximum Gasteiger partial charge on any atom is 0.264 e. The van der Waals surface area contributed by atoms with Crippen LogP contribution in [0.1, 0.15) is 31.9 Å². The van der Waals surface area contributed by atoms with Gasteiger partial charge in [-0.2, -0.15) is 0 Å². The van der Waals surface area contributed by atoms with E-state index in [2.05, 4.69) is 5.32 Å². The number of nitrogens with one attached hydrogen (secondary N) is 1. The second-order valence-electron chi connectivity index (χ2n) is 12.8. The second-order valence-corrected chi connectivity index (χ2v) is 14.7. The molecule has 0 bridgehead atoms. The molecule has 0 unspecified atom stereocenters. The van der Waals surface area contributed by atoms with Crippen LogP contribution in [0.15, 0.2) is 144 Å². The first kappa shape index (κ1) is 35.8. The highest BCUT2D eigenvalue weighted by Gasteiger charge is 2.36. The minimum absolute atomic E-state index is 0.0237. The van der Waals surface area contributed by atoms with E-state index in [1.54, 1.807) is 66.7 Å². The Labute approximate surface area is 293 Å². The van der Waals surface area contributed by atoms with Crippen LogP contribution in [0.3, 0.4) is 0 Å². The number of halogens is 1. The Bertz CT molecular complexity index is 1990. The van der Waals surface area contributed by atoms with Crippen LogP contribution in [0.4, 0.5) is 10.1 Å². The highest BCUT2D eigenvalue weighted by Crippen LogP contribution is 2.29. The van der Waals surface area contributed by atoms with Crippen LogP contribution in [0.25, 0.3) is 0 Å². The van der Waals surface area contributed by atoms with Gasteiger partial charge in [0.1, 0.15) is 29.9 Å². The zero-order chi connectivity index (χ0) is 35.7. The van der Waals surface area contributed by atoms with Crippen LogP contribution in [0, 0.1) is 5.82 Å². The molecule has 0 heterocycles. The molecule has 0 aliphatic carbocycles. The number of benzene rings is 5. The molecule has 1 atom stereocenters. The fourth-order valence-electron chi connectivity index (χ4n) is 5.37. The number of sulfonamides is 1. The van der Waals surface area contributed by atoms with Gasteiger partial charge < -0.3 is 15.0 Å². The number of hydrogen-bond donors (Lipinski definition) is 1. The Hall–Kier alpha value is -5.48. The van der Waals surface area contributed by atoms with E-state index in [1.807, 2.05) is 69.3 Å². The number of carbonyl (C=O) groups excluding carboxylic acids is 2. The summed E-state index contributed by atoms with van der Waals surface area (Å²) < 4.78 is 50.6. The van der Waals surface area contributed by atoms with Crippen LogP contribution in [0.5, 0.6) is 11.5 Å². The number of anilines is 1. The van der Waals surface area contributed by atoms with Gasteiger partial charge in [-0.05, 0) is 80.9 Å². The first-order chi connectivity index (χ1) is 23.9. The van der Waals surface area contributed by atoms with Crippen molar-refractivity contribution in [2.75, 3.05) is 10.8 Å². The lowest BCUT2D eigenvalue weighted by atomic mass is 10.0. The van der Waals surface area contributed by atoms with E-state index in [0.29, 0.717) is 11.5 Å². The van der Waals surface area contributed by atoms with E-state index in [0.717, 1.165) is 9.87 Å². The Kier molecular flexibility index (Phi) is 11.3. The van der Waals surface area contributed by atoms with Gasteiger partial charge in [0.25, 0.3) is 10.0 Å². The SMILES string of the molecule is CC(C)(C)NC(=O)[C@H](Cc1ccccc1)N(Cc1ccccc1F)C(=O)CN(c1ccc(Oc2ccccc2)cc1)S(=O)(=O)c1ccccc1. The largest absolute Gasteiger partial charge is 0.457 e. The van der Waals surface area contributed by atoms with E-state index in [1.165, 1.54) is 29.2 Å². The van der Waals surface area contributed by atoms with Crippen molar-refractivity contribution in [3.05, 3.63) is 156 Å². The summed E-state index contributed by atoms with van der Waals surface area (Å²) in [6.45, 7) is 4.54. The Morgan fingerprint density at radius 3 is 1.88 bits per heavy atom. The van der Waals surface area contributed by atoms with Crippen LogP contribution >= 0.6 is 0 Å². The van der Waals surface area contributed by atoms with Crippen LogP contribution < -0.4 is 14.4 Å². The van der Waals surface area contributed by atoms with E-state index >= 15 is 4.39 Å². The monoisotopic (exact) mass is 693 g/mol. The number of amides is 2. The summed E-state index contributed by atoms with van der Waals surface area (Å²) in [6.07, 6.45) is 0.111. The average Bonchev–Trinajstić information content (AvgIpc) is 3.10. The predicted octanol–water partition coefficient (Wildman–Crippen LogP) is 7.37. The summed E-state index contributed by atoms with van der Waals surface area (Å²) in [6, 6.07) is 37.4. The fourth-order valence-corrected chi connectivity index (χ4v) is 6.81. The number of rotatable bonds is 13. The van der Waals surface area contributed by atoms with Crippen molar-refractivity contribution in [1.29, 1.82) is 0 Å². The first-order valence-electron chi connectivity index (χ1n) is 16.2. The van der Waals surface area contributed by atoms with Crippen LogP contribution in [0.2, 0.25) is 0 Å². The van der Waals surface area contributed by atoms with Gasteiger partial charge in [0.15, 0.2) is 0 Å². The molecular formula is C40H40FN3O5S. The predicted molar refractivity (Wildman–Crippen MR) is 193 cm³/mol. The molecule has 50 heavy (non-hydrogen) atoms. The molecule has 2 amide bonds. The quantitative estimate of drug-likeness (QED) is 0.139. The smallest absolute Gasteiger partial charge is 0.264 e. The summed E-state index contributed by atoms with van der Waals surface area (Å²) in [4.78, 5) is 29.9. The maximum atomic E-state index is 15.2. The van der Waals surface area contributed by atoms with Crippen LogP contribution in [-0.2, 0) is 32.6 Å². The molecule has 0 aromatic heterocycles. The summed E-state index contributed by atoms with van der Waals surface area (Å²) in [5, 5.41) is 2.97.